The summed E-state index contributed by atoms with van der Waals surface area (Å²) in [6.45, 7) is 8.84. The summed E-state index contributed by atoms with van der Waals surface area (Å²) in [4.78, 5) is 0. The second-order valence-electron chi connectivity index (χ2n) is 4.92. The molecule has 0 N–H and O–H groups in total. The number of nitrogens with zero attached hydrogens (tertiary/aromatic N) is 1. The zero-order valence-electron chi connectivity index (χ0n) is 11.2. The Morgan fingerprint density at radius 2 is 1.65 bits per heavy atom. The van der Waals surface area contributed by atoms with Crippen LogP contribution in [-0.4, -0.2) is 0 Å². The predicted molar refractivity (Wildman–Crippen MR) is 73.9 cm³/mol. The van der Waals surface area contributed by atoms with Crippen molar-refractivity contribution in [1.29, 1.82) is 5.26 Å². The molecule has 1 nitrogen and oxygen atoms in total. The lowest BCUT2D eigenvalue weighted by Gasteiger charge is -2.17. The molecule has 0 unspecified atom stereocenters. The van der Waals surface area contributed by atoms with E-state index < -0.39 is 0 Å². The molecule has 1 rings (SSSR count). The topological polar surface area (TPSA) is 23.8 Å². The van der Waals surface area contributed by atoms with Crippen LogP contribution in [0.4, 0.5) is 0 Å². The molecule has 0 heterocycles. The molecule has 0 aliphatic rings. The van der Waals surface area contributed by atoms with Crippen molar-refractivity contribution in [3.8, 4) is 6.07 Å². The molecule has 0 aliphatic carbocycles. The number of allylic oxidation sites excluding steroid dienone is 1. The summed E-state index contributed by atoms with van der Waals surface area (Å²) in [5, 5.41) is 8.60. The van der Waals surface area contributed by atoms with Crippen molar-refractivity contribution in [2.24, 2.45) is 0 Å². The minimum absolute atomic E-state index is 0.476. The molecule has 0 atom stereocenters. The van der Waals surface area contributed by atoms with Gasteiger partial charge in [-0.2, -0.15) is 5.26 Å². The molecule has 90 valence electrons. The molecule has 0 spiro atoms. The summed E-state index contributed by atoms with van der Waals surface area (Å²) in [7, 11) is 0. The molecule has 0 fully saturated rings. The maximum absolute atomic E-state index is 8.60. The Labute approximate surface area is 105 Å². The first-order valence-electron chi connectivity index (χ1n) is 6.24. The average Bonchev–Trinajstić information content (AvgIpc) is 2.28. The fraction of sp³-hybridized carbons (Fsp3) is 0.438. The fourth-order valence-corrected chi connectivity index (χ4v) is 2.03. The first-order valence-corrected chi connectivity index (χ1v) is 6.24. The van der Waals surface area contributed by atoms with Crippen LogP contribution < -0.4 is 0 Å². The lowest BCUT2D eigenvalue weighted by atomic mass is 9.88. The van der Waals surface area contributed by atoms with Crippen LogP contribution in [0.5, 0.6) is 0 Å². The van der Waals surface area contributed by atoms with Gasteiger partial charge in [0.2, 0.25) is 0 Å². The normalized spacial score (nSPS) is 11.4. The Bertz CT molecular complexity index is 407. The van der Waals surface area contributed by atoms with Gasteiger partial charge in [0, 0.05) is 0 Å². The Morgan fingerprint density at radius 1 is 1.12 bits per heavy atom. The molecular weight excluding hydrogens is 206 g/mol. The van der Waals surface area contributed by atoms with Crippen molar-refractivity contribution in [2.75, 3.05) is 0 Å². The van der Waals surface area contributed by atoms with Crippen molar-refractivity contribution in [3.05, 3.63) is 41.0 Å². The summed E-state index contributed by atoms with van der Waals surface area (Å²) in [5.74, 6) is 1.02. The number of nitriles is 1. The van der Waals surface area contributed by atoms with Gasteiger partial charge in [0.1, 0.15) is 0 Å². The third kappa shape index (κ3) is 3.46. The summed E-state index contributed by atoms with van der Waals surface area (Å²) in [6.07, 6.45) is 4.53. The molecule has 0 bridgehead atoms. The Kier molecular flexibility index (Phi) is 4.97. The smallest absolute Gasteiger partial charge is 0.0663 e. The van der Waals surface area contributed by atoms with Crippen LogP contribution >= 0.6 is 0 Å². The number of benzene rings is 1. The first-order chi connectivity index (χ1) is 8.07. The van der Waals surface area contributed by atoms with Gasteiger partial charge < -0.3 is 0 Å². The molecule has 0 radical (unpaired) electrons. The van der Waals surface area contributed by atoms with Gasteiger partial charge in [-0.15, -0.1) is 0 Å². The van der Waals surface area contributed by atoms with Crippen molar-refractivity contribution >= 4 is 6.08 Å². The van der Waals surface area contributed by atoms with Crippen LogP contribution in [0.2, 0.25) is 0 Å². The number of rotatable bonds is 4. The highest BCUT2D eigenvalue weighted by atomic mass is 14.2. The third-order valence-corrected chi connectivity index (χ3v) is 2.91. The highest BCUT2D eigenvalue weighted by Crippen LogP contribution is 2.28. The van der Waals surface area contributed by atoms with E-state index in [1.54, 1.807) is 0 Å². The Hall–Kier alpha value is -1.55. The molecule has 1 aromatic carbocycles. The van der Waals surface area contributed by atoms with Gasteiger partial charge in [0.15, 0.2) is 0 Å². The van der Waals surface area contributed by atoms with Gasteiger partial charge in [0.05, 0.1) is 12.5 Å². The monoisotopic (exact) mass is 227 g/mol. The first kappa shape index (κ1) is 13.5. The van der Waals surface area contributed by atoms with E-state index in [9.17, 15) is 0 Å². The Morgan fingerprint density at radius 3 is 2.06 bits per heavy atom. The van der Waals surface area contributed by atoms with Gasteiger partial charge >= 0.3 is 0 Å². The molecule has 0 aromatic heterocycles. The number of hydrogen-bond donors (Lipinski definition) is 0. The minimum atomic E-state index is 0.476. The van der Waals surface area contributed by atoms with E-state index in [1.165, 1.54) is 16.7 Å². The highest BCUT2D eigenvalue weighted by Gasteiger charge is 2.10. The predicted octanol–water partition coefficient (Wildman–Crippen LogP) is 4.86. The van der Waals surface area contributed by atoms with Crippen LogP contribution in [0.1, 0.15) is 62.6 Å². The zero-order chi connectivity index (χ0) is 12.8. The standard InChI is InChI=1S/C16H21N/c1-12(2)14-9-7-10-15(13(3)4)16(14)8-5-6-11-17/h5,7-10,12-13H,6H2,1-4H3. The quantitative estimate of drug-likeness (QED) is 0.720. The van der Waals surface area contributed by atoms with E-state index in [0.29, 0.717) is 18.3 Å². The summed E-state index contributed by atoms with van der Waals surface area (Å²) in [5.41, 5.74) is 4.03. The van der Waals surface area contributed by atoms with Gasteiger partial charge in [-0.25, -0.2) is 0 Å². The molecule has 0 saturated heterocycles. The molecule has 17 heavy (non-hydrogen) atoms. The van der Waals surface area contributed by atoms with E-state index in [1.807, 2.05) is 6.08 Å². The lowest BCUT2D eigenvalue weighted by Crippen LogP contribution is -1.99. The summed E-state index contributed by atoms with van der Waals surface area (Å²) < 4.78 is 0. The lowest BCUT2D eigenvalue weighted by molar-refractivity contribution is 0.829. The van der Waals surface area contributed by atoms with Gasteiger partial charge in [0.25, 0.3) is 0 Å². The SMILES string of the molecule is CC(C)c1cccc(C(C)C)c1C=CCC#N. The molecule has 1 aromatic rings. The second kappa shape index (κ2) is 6.25. The zero-order valence-corrected chi connectivity index (χ0v) is 11.2. The molecule has 0 aliphatic heterocycles. The van der Waals surface area contributed by atoms with E-state index in [4.69, 9.17) is 5.26 Å². The van der Waals surface area contributed by atoms with Gasteiger partial charge in [-0.1, -0.05) is 58.0 Å². The van der Waals surface area contributed by atoms with Crippen molar-refractivity contribution in [3.63, 3.8) is 0 Å². The molecule has 0 amide bonds. The van der Waals surface area contributed by atoms with E-state index in [0.717, 1.165) is 0 Å². The van der Waals surface area contributed by atoms with Crippen LogP contribution in [0, 0.1) is 11.3 Å². The minimum Gasteiger partial charge on any atom is -0.198 e. The third-order valence-electron chi connectivity index (χ3n) is 2.91. The molecule has 1 heteroatoms. The van der Waals surface area contributed by atoms with E-state index in [-0.39, 0.29) is 0 Å². The summed E-state index contributed by atoms with van der Waals surface area (Å²) in [6, 6.07) is 8.65. The average molecular weight is 227 g/mol. The van der Waals surface area contributed by atoms with Gasteiger partial charge in [-0.05, 0) is 28.5 Å². The van der Waals surface area contributed by atoms with Crippen LogP contribution in [0.15, 0.2) is 24.3 Å². The highest BCUT2D eigenvalue weighted by molar-refractivity contribution is 5.60. The number of hydrogen-bond acceptors (Lipinski definition) is 1. The maximum atomic E-state index is 8.60. The van der Waals surface area contributed by atoms with Gasteiger partial charge in [-0.3, -0.25) is 0 Å². The van der Waals surface area contributed by atoms with Crippen molar-refractivity contribution in [1.82, 2.24) is 0 Å². The Balaban J connectivity index is 3.24. The fourth-order valence-electron chi connectivity index (χ4n) is 2.03. The van der Waals surface area contributed by atoms with E-state index in [2.05, 4.69) is 58.0 Å². The summed E-state index contributed by atoms with van der Waals surface area (Å²) >= 11 is 0. The largest absolute Gasteiger partial charge is 0.198 e. The van der Waals surface area contributed by atoms with Crippen LogP contribution in [-0.2, 0) is 0 Å². The van der Waals surface area contributed by atoms with Crippen molar-refractivity contribution in [2.45, 2.75) is 46.0 Å². The van der Waals surface area contributed by atoms with E-state index >= 15 is 0 Å². The second-order valence-corrected chi connectivity index (χ2v) is 4.92. The molecule has 0 saturated carbocycles. The van der Waals surface area contributed by atoms with Crippen LogP contribution in [0.25, 0.3) is 6.08 Å². The van der Waals surface area contributed by atoms with Crippen molar-refractivity contribution < 1.29 is 0 Å². The maximum Gasteiger partial charge on any atom is 0.0663 e. The van der Waals surface area contributed by atoms with Crippen LogP contribution in [0.3, 0.4) is 0 Å². The molecular formula is C16H21N.